The smallest absolute Gasteiger partial charge is 0.257 e. The third-order valence-electron chi connectivity index (χ3n) is 4.38. The normalized spacial score (nSPS) is 15.3. The fourth-order valence-corrected chi connectivity index (χ4v) is 2.91. The largest absolute Gasteiger partial charge is 0.493 e. The zero-order chi connectivity index (χ0) is 18.1. The molecule has 2 rings (SSSR count). The van der Waals surface area contributed by atoms with Crippen molar-refractivity contribution < 1.29 is 19.1 Å². The number of ether oxygens (including phenoxy) is 2. The molecule has 1 aromatic rings. The molecule has 1 heterocycles. The van der Waals surface area contributed by atoms with E-state index in [4.69, 9.17) is 9.47 Å². The third-order valence-corrected chi connectivity index (χ3v) is 4.38. The maximum atomic E-state index is 12.0. The van der Waals surface area contributed by atoms with E-state index in [1.807, 2.05) is 0 Å². The van der Waals surface area contributed by atoms with Gasteiger partial charge in [-0.2, -0.15) is 0 Å². The van der Waals surface area contributed by atoms with Gasteiger partial charge in [0.05, 0.1) is 7.11 Å². The summed E-state index contributed by atoms with van der Waals surface area (Å²) in [5.41, 5.74) is 0.547. The van der Waals surface area contributed by atoms with Gasteiger partial charge in [0.25, 0.3) is 5.91 Å². The number of hydrogen-bond donors (Lipinski definition) is 1. The molecule has 138 valence electrons. The van der Waals surface area contributed by atoms with Crippen molar-refractivity contribution in [3.8, 4) is 11.5 Å². The number of amides is 1. The van der Waals surface area contributed by atoms with Crippen LogP contribution in [0.25, 0.3) is 0 Å². The number of benzene rings is 1. The number of likely N-dealkylation sites (tertiary alicyclic amines) is 1. The third kappa shape index (κ3) is 6.38. The molecule has 0 radical (unpaired) electrons. The highest BCUT2D eigenvalue weighted by molar-refractivity contribution is 5.94. The quantitative estimate of drug-likeness (QED) is 0.730. The molecule has 0 bridgehead atoms. The lowest BCUT2D eigenvalue weighted by Crippen LogP contribution is -2.37. The Kier molecular flexibility index (Phi) is 7.73. The number of carbonyl (C=O) groups is 2. The van der Waals surface area contributed by atoms with Crippen LogP contribution in [-0.4, -0.2) is 56.5 Å². The van der Waals surface area contributed by atoms with Crippen LogP contribution < -0.4 is 14.8 Å². The SMILES string of the molecule is COc1cc(C(C)=O)ccc1OCC(=O)NCCN1CCCCCC1. The van der Waals surface area contributed by atoms with E-state index < -0.39 is 0 Å². The van der Waals surface area contributed by atoms with E-state index in [2.05, 4.69) is 10.2 Å². The van der Waals surface area contributed by atoms with Crippen molar-refractivity contribution in [1.29, 1.82) is 0 Å². The second-order valence-electron chi connectivity index (χ2n) is 6.32. The molecule has 6 heteroatoms. The molecule has 1 amide bonds. The summed E-state index contributed by atoms with van der Waals surface area (Å²) >= 11 is 0. The first kappa shape index (κ1) is 19.2. The molecular formula is C19H28N2O4. The van der Waals surface area contributed by atoms with Crippen molar-refractivity contribution in [3.05, 3.63) is 23.8 Å². The van der Waals surface area contributed by atoms with Gasteiger partial charge in [0.15, 0.2) is 23.9 Å². The number of carbonyl (C=O) groups excluding carboxylic acids is 2. The summed E-state index contributed by atoms with van der Waals surface area (Å²) in [6.45, 7) is 5.16. The fraction of sp³-hybridized carbons (Fsp3) is 0.579. The molecule has 1 aromatic carbocycles. The van der Waals surface area contributed by atoms with Gasteiger partial charge in [-0.3, -0.25) is 9.59 Å². The van der Waals surface area contributed by atoms with Crippen molar-refractivity contribution in [1.82, 2.24) is 10.2 Å². The van der Waals surface area contributed by atoms with Crippen molar-refractivity contribution >= 4 is 11.7 Å². The van der Waals surface area contributed by atoms with Crippen LogP contribution >= 0.6 is 0 Å². The second-order valence-corrected chi connectivity index (χ2v) is 6.32. The number of methoxy groups -OCH3 is 1. The van der Waals surface area contributed by atoms with E-state index in [-0.39, 0.29) is 18.3 Å². The molecule has 0 aromatic heterocycles. The monoisotopic (exact) mass is 348 g/mol. The molecular weight excluding hydrogens is 320 g/mol. The minimum absolute atomic E-state index is 0.0453. The Morgan fingerprint density at radius 1 is 1.12 bits per heavy atom. The predicted octanol–water partition coefficient (Wildman–Crippen LogP) is 2.27. The molecule has 0 aliphatic carbocycles. The van der Waals surface area contributed by atoms with E-state index in [0.29, 0.717) is 23.6 Å². The van der Waals surface area contributed by atoms with Gasteiger partial charge in [0, 0.05) is 18.7 Å². The van der Waals surface area contributed by atoms with Crippen LogP contribution in [0.5, 0.6) is 11.5 Å². The first-order chi connectivity index (χ1) is 12.1. The Morgan fingerprint density at radius 3 is 2.48 bits per heavy atom. The zero-order valence-corrected chi connectivity index (χ0v) is 15.2. The summed E-state index contributed by atoms with van der Waals surface area (Å²) in [6, 6.07) is 4.94. The van der Waals surface area contributed by atoms with E-state index in [1.165, 1.54) is 39.7 Å². The number of nitrogens with one attached hydrogen (secondary N) is 1. The second kappa shape index (κ2) is 10.0. The summed E-state index contributed by atoms with van der Waals surface area (Å²) in [6.07, 6.45) is 5.10. The lowest BCUT2D eigenvalue weighted by molar-refractivity contribution is -0.123. The highest BCUT2D eigenvalue weighted by atomic mass is 16.5. The number of rotatable bonds is 8. The summed E-state index contributed by atoms with van der Waals surface area (Å²) in [4.78, 5) is 25.7. The molecule has 0 unspecified atom stereocenters. The number of hydrogen-bond acceptors (Lipinski definition) is 5. The minimum Gasteiger partial charge on any atom is -0.493 e. The molecule has 25 heavy (non-hydrogen) atoms. The van der Waals surface area contributed by atoms with Crippen LogP contribution in [0.1, 0.15) is 43.0 Å². The van der Waals surface area contributed by atoms with Crippen LogP contribution in [0.4, 0.5) is 0 Å². The van der Waals surface area contributed by atoms with Gasteiger partial charge in [-0.05, 0) is 51.1 Å². The Hall–Kier alpha value is -2.08. The molecule has 1 saturated heterocycles. The zero-order valence-electron chi connectivity index (χ0n) is 15.2. The predicted molar refractivity (Wildman–Crippen MR) is 96.4 cm³/mol. The Balaban J connectivity index is 1.74. The summed E-state index contributed by atoms with van der Waals surface area (Å²) in [7, 11) is 1.51. The van der Waals surface area contributed by atoms with Crippen LogP contribution in [0.15, 0.2) is 18.2 Å². The lowest BCUT2D eigenvalue weighted by atomic mass is 10.1. The van der Waals surface area contributed by atoms with Gasteiger partial charge in [0.2, 0.25) is 0 Å². The lowest BCUT2D eigenvalue weighted by Gasteiger charge is -2.19. The fourth-order valence-electron chi connectivity index (χ4n) is 2.91. The van der Waals surface area contributed by atoms with Crippen LogP contribution in [0.3, 0.4) is 0 Å². The summed E-state index contributed by atoms with van der Waals surface area (Å²) in [5.74, 6) is 0.698. The number of Topliss-reactive ketones (excluding diaryl/α,β-unsaturated/α-hetero) is 1. The molecule has 0 spiro atoms. The van der Waals surface area contributed by atoms with Crippen molar-refractivity contribution in [2.75, 3.05) is 39.9 Å². The first-order valence-electron chi connectivity index (χ1n) is 8.91. The van der Waals surface area contributed by atoms with E-state index in [1.54, 1.807) is 18.2 Å². The van der Waals surface area contributed by atoms with E-state index in [0.717, 1.165) is 19.6 Å². The average molecular weight is 348 g/mol. The molecule has 1 aliphatic heterocycles. The Labute approximate surface area is 149 Å². The van der Waals surface area contributed by atoms with Gasteiger partial charge in [0.1, 0.15) is 0 Å². The summed E-state index contributed by atoms with van der Waals surface area (Å²) < 4.78 is 10.8. The molecule has 1 N–H and O–H groups in total. The summed E-state index contributed by atoms with van der Waals surface area (Å²) in [5, 5.41) is 2.89. The maximum Gasteiger partial charge on any atom is 0.257 e. The van der Waals surface area contributed by atoms with E-state index in [9.17, 15) is 9.59 Å². The highest BCUT2D eigenvalue weighted by Crippen LogP contribution is 2.28. The molecule has 1 fully saturated rings. The minimum atomic E-state index is -0.160. The van der Waals surface area contributed by atoms with Crippen LogP contribution in [0.2, 0.25) is 0 Å². The average Bonchev–Trinajstić information content (AvgIpc) is 2.88. The Bertz CT molecular complexity index is 581. The molecule has 0 atom stereocenters. The van der Waals surface area contributed by atoms with Crippen molar-refractivity contribution in [2.45, 2.75) is 32.6 Å². The number of nitrogens with zero attached hydrogens (tertiary/aromatic N) is 1. The van der Waals surface area contributed by atoms with Gasteiger partial charge >= 0.3 is 0 Å². The maximum absolute atomic E-state index is 12.0. The van der Waals surface area contributed by atoms with Crippen molar-refractivity contribution in [2.24, 2.45) is 0 Å². The van der Waals surface area contributed by atoms with Gasteiger partial charge in [-0.25, -0.2) is 0 Å². The standard InChI is InChI=1S/C19H28N2O4/c1-15(22)16-7-8-17(18(13-16)24-2)25-14-19(23)20-9-12-21-10-5-3-4-6-11-21/h7-8,13H,3-6,9-12,14H2,1-2H3,(H,20,23). The highest BCUT2D eigenvalue weighted by Gasteiger charge is 2.11. The van der Waals surface area contributed by atoms with E-state index >= 15 is 0 Å². The molecule has 6 nitrogen and oxygen atoms in total. The topological polar surface area (TPSA) is 67.9 Å². The van der Waals surface area contributed by atoms with Crippen LogP contribution in [-0.2, 0) is 4.79 Å². The molecule has 1 aliphatic rings. The van der Waals surface area contributed by atoms with Gasteiger partial charge in [-0.15, -0.1) is 0 Å². The van der Waals surface area contributed by atoms with Crippen LogP contribution in [0, 0.1) is 0 Å². The van der Waals surface area contributed by atoms with Gasteiger partial charge < -0.3 is 19.7 Å². The van der Waals surface area contributed by atoms with Crippen molar-refractivity contribution in [3.63, 3.8) is 0 Å². The first-order valence-corrected chi connectivity index (χ1v) is 8.91. The van der Waals surface area contributed by atoms with Gasteiger partial charge in [-0.1, -0.05) is 12.8 Å². The Morgan fingerprint density at radius 2 is 1.84 bits per heavy atom. The number of ketones is 1. The molecule has 0 saturated carbocycles.